The number of nitrogens with one attached hydrogen (secondary N) is 1. The Bertz CT molecular complexity index is 1690. The van der Waals surface area contributed by atoms with Crippen LogP contribution in [0.2, 0.25) is 10.0 Å². The molecule has 1 atom stereocenters. The third-order valence-corrected chi connectivity index (χ3v) is 9.90. The molecule has 10 heteroatoms. The van der Waals surface area contributed by atoms with Gasteiger partial charge in [-0.05, 0) is 60.9 Å². The lowest BCUT2D eigenvalue weighted by molar-refractivity contribution is -0.140. The van der Waals surface area contributed by atoms with Crippen LogP contribution in [0.1, 0.15) is 36.5 Å². The van der Waals surface area contributed by atoms with E-state index in [1.165, 1.54) is 17.0 Å². The van der Waals surface area contributed by atoms with Gasteiger partial charge in [0.05, 0.1) is 20.6 Å². The van der Waals surface area contributed by atoms with Crippen LogP contribution in [-0.2, 0) is 32.6 Å². The monoisotopic (exact) mass is 665 g/mol. The fraction of sp³-hybridized carbons (Fsp3) is 0.257. The molecule has 0 fully saturated rings. The van der Waals surface area contributed by atoms with Gasteiger partial charge in [0, 0.05) is 19.5 Å². The van der Waals surface area contributed by atoms with Gasteiger partial charge in [0.25, 0.3) is 10.0 Å². The number of benzene rings is 4. The first-order chi connectivity index (χ1) is 21.6. The van der Waals surface area contributed by atoms with Crippen LogP contribution < -0.4 is 9.62 Å². The Morgan fingerprint density at radius 3 is 2.09 bits per heavy atom. The van der Waals surface area contributed by atoms with E-state index in [1.807, 2.05) is 44.2 Å². The largest absolute Gasteiger partial charge is 0.354 e. The molecule has 1 unspecified atom stereocenters. The number of unbranched alkanes of at least 4 members (excludes halogenated alkanes) is 1. The van der Waals surface area contributed by atoms with Crippen molar-refractivity contribution in [3.8, 4) is 0 Å². The van der Waals surface area contributed by atoms with Crippen LogP contribution in [-0.4, -0.2) is 44.3 Å². The number of sulfonamides is 1. The number of rotatable bonds is 14. The molecule has 4 rings (SSSR count). The molecule has 236 valence electrons. The Morgan fingerprint density at radius 2 is 1.47 bits per heavy atom. The summed E-state index contributed by atoms with van der Waals surface area (Å²) in [7, 11) is -4.16. The minimum Gasteiger partial charge on any atom is -0.354 e. The van der Waals surface area contributed by atoms with Gasteiger partial charge in [0.15, 0.2) is 0 Å². The fourth-order valence-electron chi connectivity index (χ4n) is 4.85. The highest BCUT2D eigenvalue weighted by molar-refractivity contribution is 7.92. The lowest BCUT2D eigenvalue weighted by atomic mass is 10.0. The average molecular weight is 667 g/mol. The van der Waals surface area contributed by atoms with E-state index in [4.69, 9.17) is 23.2 Å². The maximum Gasteiger partial charge on any atom is 0.264 e. The number of hydrogen-bond acceptors (Lipinski definition) is 4. The van der Waals surface area contributed by atoms with E-state index >= 15 is 0 Å². The van der Waals surface area contributed by atoms with Crippen LogP contribution in [0, 0.1) is 6.92 Å². The van der Waals surface area contributed by atoms with Crippen LogP contribution in [0.5, 0.6) is 0 Å². The summed E-state index contributed by atoms with van der Waals surface area (Å²) in [5.41, 5.74) is 2.77. The van der Waals surface area contributed by atoms with Gasteiger partial charge in [-0.25, -0.2) is 8.42 Å². The third-order valence-electron chi connectivity index (χ3n) is 7.37. The summed E-state index contributed by atoms with van der Waals surface area (Å²) in [4.78, 5) is 29.8. The topological polar surface area (TPSA) is 86.8 Å². The van der Waals surface area contributed by atoms with E-state index in [-0.39, 0.29) is 23.8 Å². The molecule has 0 saturated carbocycles. The molecule has 0 bridgehead atoms. The first kappa shape index (κ1) is 34.0. The summed E-state index contributed by atoms with van der Waals surface area (Å²) in [5, 5.41) is 3.65. The number of halogens is 2. The number of nitrogens with zero attached hydrogens (tertiary/aromatic N) is 2. The van der Waals surface area contributed by atoms with E-state index in [1.54, 1.807) is 60.7 Å². The predicted molar refractivity (Wildman–Crippen MR) is 181 cm³/mol. The third kappa shape index (κ3) is 9.10. The molecule has 0 aliphatic carbocycles. The van der Waals surface area contributed by atoms with Crippen molar-refractivity contribution in [2.24, 2.45) is 0 Å². The van der Waals surface area contributed by atoms with Crippen LogP contribution in [0.4, 0.5) is 5.69 Å². The van der Waals surface area contributed by atoms with Crippen LogP contribution >= 0.6 is 23.2 Å². The normalized spacial score (nSPS) is 11.9. The number of aryl methyl sites for hydroxylation is 1. The van der Waals surface area contributed by atoms with Crippen LogP contribution in [0.15, 0.2) is 108 Å². The number of carbonyl (C=O) groups is 2. The summed E-state index contributed by atoms with van der Waals surface area (Å²) in [6.07, 6.45) is 1.89. The molecule has 4 aromatic carbocycles. The zero-order valence-corrected chi connectivity index (χ0v) is 27.7. The van der Waals surface area contributed by atoms with E-state index in [2.05, 4.69) is 5.32 Å². The number of carbonyl (C=O) groups excluding carboxylic acids is 2. The minimum atomic E-state index is -4.16. The van der Waals surface area contributed by atoms with Gasteiger partial charge in [-0.3, -0.25) is 13.9 Å². The quantitative estimate of drug-likeness (QED) is 0.146. The second-order valence-electron chi connectivity index (χ2n) is 10.8. The molecule has 0 aliphatic heterocycles. The lowest BCUT2D eigenvalue weighted by Crippen LogP contribution is -2.53. The van der Waals surface area contributed by atoms with Gasteiger partial charge in [-0.2, -0.15) is 0 Å². The molecule has 45 heavy (non-hydrogen) atoms. The van der Waals surface area contributed by atoms with Crippen molar-refractivity contribution in [3.63, 3.8) is 0 Å². The maximum atomic E-state index is 14.5. The Labute approximate surface area is 275 Å². The van der Waals surface area contributed by atoms with Crippen molar-refractivity contribution in [2.75, 3.05) is 17.4 Å². The number of amides is 2. The lowest BCUT2D eigenvalue weighted by Gasteiger charge is -2.34. The average Bonchev–Trinajstić information content (AvgIpc) is 3.04. The first-order valence-corrected chi connectivity index (χ1v) is 17.0. The predicted octanol–water partition coefficient (Wildman–Crippen LogP) is 7.05. The van der Waals surface area contributed by atoms with Crippen molar-refractivity contribution in [1.29, 1.82) is 0 Å². The summed E-state index contributed by atoms with van der Waals surface area (Å²) < 4.78 is 29.2. The Hall–Kier alpha value is -3.85. The Kier molecular flexibility index (Phi) is 12.0. The van der Waals surface area contributed by atoms with Gasteiger partial charge in [-0.15, -0.1) is 0 Å². The van der Waals surface area contributed by atoms with Gasteiger partial charge in [0.2, 0.25) is 11.8 Å². The van der Waals surface area contributed by atoms with Crippen LogP contribution in [0.25, 0.3) is 0 Å². The number of anilines is 1. The Balaban J connectivity index is 1.79. The molecule has 2 amide bonds. The zero-order chi connectivity index (χ0) is 32.4. The summed E-state index contributed by atoms with van der Waals surface area (Å²) >= 11 is 12.5. The van der Waals surface area contributed by atoms with Crippen molar-refractivity contribution in [3.05, 3.63) is 130 Å². The molecule has 7 nitrogen and oxygen atoms in total. The molecule has 1 N–H and O–H groups in total. The van der Waals surface area contributed by atoms with Gasteiger partial charge >= 0.3 is 0 Å². The highest BCUT2D eigenvalue weighted by Crippen LogP contribution is 2.27. The Morgan fingerprint density at radius 1 is 0.822 bits per heavy atom. The van der Waals surface area contributed by atoms with E-state index in [0.29, 0.717) is 27.8 Å². The fourth-order valence-corrected chi connectivity index (χ4v) is 6.61. The van der Waals surface area contributed by atoms with Crippen molar-refractivity contribution in [2.45, 2.75) is 50.6 Å². The summed E-state index contributed by atoms with van der Waals surface area (Å²) in [6.45, 7) is 3.85. The molecular formula is C35H37Cl2N3O4S. The first-order valence-electron chi connectivity index (χ1n) is 14.8. The number of hydrogen-bond donors (Lipinski definition) is 1. The van der Waals surface area contributed by atoms with E-state index < -0.39 is 28.5 Å². The van der Waals surface area contributed by atoms with Crippen LogP contribution in [0.3, 0.4) is 0 Å². The molecule has 0 spiro atoms. The molecular weight excluding hydrogens is 629 g/mol. The standard InChI is InChI=1S/C35H37Cl2N3O4S/c1-3-4-21-38-35(42)33(23-27-11-7-5-8-12-27)39(24-28-17-20-31(36)32(37)22-28)34(41)25-40(29-18-15-26(2)16-19-29)45(43,44)30-13-9-6-10-14-30/h5-20,22,33H,3-4,21,23-25H2,1-2H3,(H,38,42). The molecule has 0 saturated heterocycles. The highest BCUT2D eigenvalue weighted by atomic mass is 35.5. The summed E-state index contributed by atoms with van der Waals surface area (Å²) in [6, 6.07) is 28.4. The minimum absolute atomic E-state index is 0.00153. The smallest absolute Gasteiger partial charge is 0.264 e. The zero-order valence-electron chi connectivity index (χ0n) is 25.3. The van der Waals surface area contributed by atoms with E-state index in [9.17, 15) is 18.0 Å². The second-order valence-corrected chi connectivity index (χ2v) is 13.5. The summed E-state index contributed by atoms with van der Waals surface area (Å²) in [5.74, 6) is -0.874. The molecule has 0 heterocycles. The molecule has 4 aromatic rings. The van der Waals surface area contributed by atoms with Gasteiger partial charge < -0.3 is 10.2 Å². The molecule has 0 aliphatic rings. The SMILES string of the molecule is CCCCNC(=O)C(Cc1ccccc1)N(Cc1ccc(Cl)c(Cl)c1)C(=O)CN(c1ccc(C)cc1)S(=O)(=O)c1ccccc1. The maximum absolute atomic E-state index is 14.5. The molecule has 0 radical (unpaired) electrons. The van der Waals surface area contributed by atoms with Gasteiger partial charge in [-0.1, -0.05) is 109 Å². The highest BCUT2D eigenvalue weighted by Gasteiger charge is 2.34. The van der Waals surface area contributed by atoms with Crippen molar-refractivity contribution < 1.29 is 18.0 Å². The van der Waals surface area contributed by atoms with E-state index in [0.717, 1.165) is 28.3 Å². The molecule has 0 aromatic heterocycles. The second kappa shape index (κ2) is 15.9. The van der Waals surface area contributed by atoms with Gasteiger partial charge in [0.1, 0.15) is 12.6 Å². The van der Waals surface area contributed by atoms with Crippen molar-refractivity contribution in [1.82, 2.24) is 10.2 Å². The van der Waals surface area contributed by atoms with Crippen molar-refractivity contribution >= 4 is 50.7 Å².